The van der Waals surface area contributed by atoms with Crippen molar-refractivity contribution >= 4 is 21.9 Å². The quantitative estimate of drug-likeness (QED) is 0.553. The fourth-order valence-electron chi connectivity index (χ4n) is 1.36. The molecule has 0 spiro atoms. The van der Waals surface area contributed by atoms with Crippen LogP contribution in [0.2, 0.25) is 0 Å². The van der Waals surface area contributed by atoms with E-state index in [2.05, 4.69) is 30.0 Å². The van der Waals surface area contributed by atoms with E-state index in [0.29, 0.717) is 12.5 Å². The minimum absolute atomic E-state index is 0.0577. The molecule has 10 nitrogen and oxygen atoms in total. The number of nitrogens with one attached hydrogen (secondary N) is 2. The predicted octanol–water partition coefficient (Wildman–Crippen LogP) is -1.40. The third-order valence-electron chi connectivity index (χ3n) is 2.15. The second-order valence-corrected chi connectivity index (χ2v) is 5.71. The molecule has 0 saturated carbocycles. The van der Waals surface area contributed by atoms with E-state index in [1.165, 1.54) is 6.33 Å². The molecule has 0 saturated heterocycles. The third kappa shape index (κ3) is 4.13. The summed E-state index contributed by atoms with van der Waals surface area (Å²) < 4.78 is 25.7. The van der Waals surface area contributed by atoms with Gasteiger partial charge in [-0.05, 0) is 0 Å². The van der Waals surface area contributed by atoms with Gasteiger partial charge in [0, 0.05) is 25.5 Å². The van der Waals surface area contributed by atoms with E-state index >= 15 is 0 Å². The number of aromatic nitrogens is 5. The molecule has 0 aliphatic carbocycles. The topological polar surface area (TPSA) is 141 Å². The lowest BCUT2D eigenvalue weighted by Gasteiger charge is -2.07. The van der Waals surface area contributed by atoms with Crippen molar-refractivity contribution in [2.24, 2.45) is 0 Å². The molecule has 0 atom stereocenters. The highest BCUT2D eigenvalue weighted by molar-refractivity contribution is 7.88. The zero-order chi connectivity index (χ0) is 14.6. The lowest BCUT2D eigenvalue weighted by atomic mass is 10.6. The lowest BCUT2D eigenvalue weighted by molar-refractivity contribution is 0.589. The number of anilines is 2. The summed E-state index contributed by atoms with van der Waals surface area (Å²) in [4.78, 5) is 15.9. The monoisotopic (exact) mass is 298 g/mol. The largest absolute Gasteiger partial charge is 0.368 e. The van der Waals surface area contributed by atoms with E-state index in [9.17, 15) is 8.42 Å². The number of sulfonamides is 1. The molecule has 0 aliphatic heterocycles. The molecule has 0 bridgehead atoms. The summed E-state index contributed by atoms with van der Waals surface area (Å²) >= 11 is 0. The van der Waals surface area contributed by atoms with Crippen LogP contribution in [0.5, 0.6) is 0 Å². The zero-order valence-corrected chi connectivity index (χ0v) is 11.5. The van der Waals surface area contributed by atoms with E-state index in [1.54, 1.807) is 17.0 Å². The number of nitrogens with two attached hydrogens (primary N) is 1. The van der Waals surface area contributed by atoms with Gasteiger partial charge in [-0.15, -0.1) is 0 Å². The summed E-state index contributed by atoms with van der Waals surface area (Å²) in [5, 5.41) is 2.86. The fraction of sp³-hybridized carbons (Fsp3) is 0.333. The summed E-state index contributed by atoms with van der Waals surface area (Å²) in [5.41, 5.74) is 5.59. The van der Waals surface area contributed by atoms with Crippen molar-refractivity contribution in [3.8, 4) is 5.95 Å². The molecule has 2 aromatic rings. The summed E-state index contributed by atoms with van der Waals surface area (Å²) in [6.45, 7) is 0.532. The maximum atomic E-state index is 10.9. The first-order chi connectivity index (χ1) is 9.44. The first kappa shape index (κ1) is 14.1. The van der Waals surface area contributed by atoms with Crippen LogP contribution in [0.15, 0.2) is 18.7 Å². The number of rotatable bonds is 6. The number of imidazole rings is 1. The summed E-state index contributed by atoms with van der Waals surface area (Å²) in [6, 6.07) is 0. The molecule has 0 aliphatic rings. The molecule has 0 fully saturated rings. The van der Waals surface area contributed by atoms with Crippen LogP contribution in [0.3, 0.4) is 0 Å². The van der Waals surface area contributed by atoms with Crippen molar-refractivity contribution in [2.45, 2.75) is 0 Å². The molecule has 20 heavy (non-hydrogen) atoms. The van der Waals surface area contributed by atoms with Crippen LogP contribution in [-0.2, 0) is 10.0 Å². The van der Waals surface area contributed by atoms with Gasteiger partial charge in [0.2, 0.25) is 27.9 Å². The molecular formula is C9H14N8O2S. The van der Waals surface area contributed by atoms with Gasteiger partial charge in [0.05, 0.1) is 6.26 Å². The average Bonchev–Trinajstić information content (AvgIpc) is 2.86. The minimum atomic E-state index is -3.21. The Labute approximate surface area is 115 Å². The van der Waals surface area contributed by atoms with Crippen molar-refractivity contribution in [3.05, 3.63) is 18.7 Å². The minimum Gasteiger partial charge on any atom is -0.368 e. The Bertz CT molecular complexity index is 669. The Morgan fingerprint density at radius 3 is 2.75 bits per heavy atom. The number of nitrogen functional groups attached to an aromatic ring is 1. The Kier molecular flexibility index (Phi) is 4.10. The maximum absolute atomic E-state index is 10.9. The van der Waals surface area contributed by atoms with E-state index in [4.69, 9.17) is 5.73 Å². The molecule has 108 valence electrons. The average molecular weight is 298 g/mol. The zero-order valence-electron chi connectivity index (χ0n) is 10.7. The Hall–Kier alpha value is -2.27. The van der Waals surface area contributed by atoms with Crippen LogP contribution in [0.25, 0.3) is 5.95 Å². The Balaban J connectivity index is 2.02. The first-order valence-corrected chi connectivity index (χ1v) is 7.51. The molecule has 0 radical (unpaired) electrons. The maximum Gasteiger partial charge on any atom is 0.241 e. The van der Waals surface area contributed by atoms with E-state index in [0.717, 1.165) is 6.26 Å². The van der Waals surface area contributed by atoms with Crippen LogP contribution in [-0.4, -0.2) is 52.3 Å². The van der Waals surface area contributed by atoms with Crippen LogP contribution in [0.4, 0.5) is 11.9 Å². The predicted molar refractivity (Wildman–Crippen MR) is 72.7 cm³/mol. The molecule has 0 amide bonds. The van der Waals surface area contributed by atoms with Gasteiger partial charge in [0.25, 0.3) is 0 Å². The second kappa shape index (κ2) is 5.79. The molecule has 11 heteroatoms. The van der Waals surface area contributed by atoms with Crippen molar-refractivity contribution in [3.63, 3.8) is 0 Å². The molecule has 4 N–H and O–H groups in total. The Morgan fingerprint density at radius 2 is 2.10 bits per heavy atom. The summed E-state index contributed by atoms with van der Waals surface area (Å²) in [5.74, 6) is 0.646. The standard InChI is InChI=1S/C9H14N8O2S/c1-20(18,19)13-3-2-12-8-14-7(10)15-9(16-8)17-5-4-11-6-17/h4-6,13H,2-3H2,1H3,(H3,10,12,14,15,16). The molecule has 0 unspecified atom stereocenters. The fourth-order valence-corrected chi connectivity index (χ4v) is 1.84. The first-order valence-electron chi connectivity index (χ1n) is 5.62. The van der Waals surface area contributed by atoms with E-state index < -0.39 is 10.0 Å². The van der Waals surface area contributed by atoms with Crippen LogP contribution in [0, 0.1) is 0 Å². The van der Waals surface area contributed by atoms with E-state index in [-0.39, 0.29) is 18.4 Å². The van der Waals surface area contributed by atoms with Gasteiger partial charge in [-0.3, -0.25) is 4.57 Å². The second-order valence-electron chi connectivity index (χ2n) is 3.88. The van der Waals surface area contributed by atoms with Crippen LogP contribution in [0.1, 0.15) is 0 Å². The highest BCUT2D eigenvalue weighted by Crippen LogP contribution is 2.06. The van der Waals surface area contributed by atoms with Crippen LogP contribution < -0.4 is 15.8 Å². The van der Waals surface area contributed by atoms with Gasteiger partial charge >= 0.3 is 0 Å². The van der Waals surface area contributed by atoms with Crippen molar-refractivity contribution < 1.29 is 8.42 Å². The highest BCUT2D eigenvalue weighted by atomic mass is 32.2. The summed E-state index contributed by atoms with van der Waals surface area (Å²) in [7, 11) is -3.21. The van der Waals surface area contributed by atoms with Crippen molar-refractivity contribution in [1.82, 2.24) is 29.2 Å². The van der Waals surface area contributed by atoms with Crippen LogP contribution >= 0.6 is 0 Å². The molecule has 2 aromatic heterocycles. The van der Waals surface area contributed by atoms with Crippen molar-refractivity contribution in [2.75, 3.05) is 30.4 Å². The van der Waals surface area contributed by atoms with Gasteiger partial charge in [0.15, 0.2) is 0 Å². The molecule has 0 aromatic carbocycles. The number of hydrogen-bond acceptors (Lipinski definition) is 8. The highest BCUT2D eigenvalue weighted by Gasteiger charge is 2.06. The Morgan fingerprint density at radius 1 is 1.30 bits per heavy atom. The van der Waals surface area contributed by atoms with E-state index in [1.807, 2.05) is 0 Å². The summed E-state index contributed by atoms with van der Waals surface area (Å²) in [6.07, 6.45) is 5.88. The normalized spacial score (nSPS) is 11.4. The third-order valence-corrected chi connectivity index (χ3v) is 2.88. The molecule has 2 heterocycles. The molecular weight excluding hydrogens is 284 g/mol. The molecule has 2 rings (SSSR count). The number of hydrogen-bond donors (Lipinski definition) is 3. The van der Waals surface area contributed by atoms with Crippen molar-refractivity contribution in [1.29, 1.82) is 0 Å². The van der Waals surface area contributed by atoms with Gasteiger partial charge in [-0.1, -0.05) is 0 Å². The van der Waals surface area contributed by atoms with Gasteiger partial charge in [-0.25, -0.2) is 18.1 Å². The smallest absolute Gasteiger partial charge is 0.241 e. The van der Waals surface area contributed by atoms with Gasteiger partial charge in [0.1, 0.15) is 6.33 Å². The lowest BCUT2D eigenvalue weighted by Crippen LogP contribution is -2.28. The van der Waals surface area contributed by atoms with Gasteiger partial charge in [-0.2, -0.15) is 15.0 Å². The number of nitrogens with zero attached hydrogens (tertiary/aromatic N) is 5. The van der Waals surface area contributed by atoms with Gasteiger partial charge < -0.3 is 11.1 Å². The SMILES string of the molecule is CS(=O)(=O)NCCNc1nc(N)nc(-n2ccnc2)n1.